The highest BCUT2D eigenvalue weighted by Crippen LogP contribution is 2.36. The quantitative estimate of drug-likeness (QED) is 0.144. The van der Waals surface area contributed by atoms with E-state index in [0.29, 0.717) is 25.1 Å². The topological polar surface area (TPSA) is 39.5 Å². The second-order valence-corrected chi connectivity index (χ2v) is 10.5. The molecule has 1 heterocycles. The maximum atomic E-state index is 14.5. The number of unbranched alkanes of at least 4 members (excludes halogenated alkanes) is 1. The van der Waals surface area contributed by atoms with Crippen LogP contribution in [0, 0.1) is 13.8 Å². The van der Waals surface area contributed by atoms with Crippen molar-refractivity contribution in [3.05, 3.63) is 100 Å². The maximum absolute atomic E-state index is 14.5. The zero-order valence-corrected chi connectivity index (χ0v) is 24.7. The Morgan fingerprint density at radius 3 is 2.07 bits per heavy atom. The van der Waals surface area contributed by atoms with Crippen molar-refractivity contribution < 1.29 is 31.4 Å². The number of methoxy groups -OCH3 is 1. The zero-order chi connectivity index (χ0) is 31.1. The fourth-order valence-corrected chi connectivity index (χ4v) is 5.36. The molecular weight excluding hydrogens is 565 g/mol. The van der Waals surface area contributed by atoms with Crippen LogP contribution in [0.25, 0.3) is 11.4 Å². The van der Waals surface area contributed by atoms with E-state index < -0.39 is 18.5 Å². The Kier molecular flexibility index (Phi) is 10.4. The van der Waals surface area contributed by atoms with Gasteiger partial charge in [-0.2, -0.15) is 22.0 Å². The van der Waals surface area contributed by atoms with Crippen molar-refractivity contribution in [3.63, 3.8) is 0 Å². The summed E-state index contributed by atoms with van der Waals surface area (Å²) in [6, 6.07) is 19.0. The third-order valence-corrected chi connectivity index (χ3v) is 7.17. The lowest BCUT2D eigenvalue weighted by Gasteiger charge is -2.25. The smallest absolute Gasteiger partial charge is 0.435 e. The van der Waals surface area contributed by atoms with Crippen molar-refractivity contribution >= 4 is 0 Å². The number of halogens is 5. The summed E-state index contributed by atoms with van der Waals surface area (Å²) in [5, 5.41) is 0. The molecule has 0 bridgehead atoms. The summed E-state index contributed by atoms with van der Waals surface area (Å²) in [5.41, 5.74) is 3.26. The molecule has 4 rings (SSSR count). The predicted molar refractivity (Wildman–Crippen MR) is 156 cm³/mol. The number of alkyl halides is 5. The van der Waals surface area contributed by atoms with Gasteiger partial charge in [0.15, 0.2) is 5.69 Å². The summed E-state index contributed by atoms with van der Waals surface area (Å²) in [6.07, 6.45) is -3.18. The molecule has 0 saturated heterocycles. The van der Waals surface area contributed by atoms with E-state index in [4.69, 9.17) is 4.74 Å². The van der Waals surface area contributed by atoms with E-state index >= 15 is 0 Å². The predicted octanol–water partition coefficient (Wildman–Crippen LogP) is 8.80. The summed E-state index contributed by atoms with van der Waals surface area (Å²) in [4.78, 5) is 6.08. The first-order chi connectivity index (χ1) is 20.5. The zero-order valence-electron chi connectivity index (χ0n) is 24.7. The highest BCUT2D eigenvalue weighted by molar-refractivity contribution is 5.57. The first-order valence-electron chi connectivity index (χ1n) is 14.1. The van der Waals surface area contributed by atoms with E-state index in [1.54, 1.807) is 48.1 Å². The Morgan fingerprint density at radius 2 is 1.51 bits per heavy atom. The molecule has 0 amide bonds. The van der Waals surface area contributed by atoms with Gasteiger partial charge >= 0.3 is 12.8 Å². The molecule has 5 nitrogen and oxygen atoms in total. The fourth-order valence-electron chi connectivity index (χ4n) is 5.36. The number of hydrogen-bond acceptors (Lipinski definition) is 4. The Labute approximate surface area is 248 Å². The van der Waals surface area contributed by atoms with Gasteiger partial charge in [0, 0.05) is 31.7 Å². The molecule has 0 aliphatic heterocycles. The van der Waals surface area contributed by atoms with E-state index in [-0.39, 0.29) is 30.4 Å². The van der Waals surface area contributed by atoms with E-state index in [1.165, 1.54) is 12.1 Å². The summed E-state index contributed by atoms with van der Waals surface area (Å²) in [5.74, 6) is 1.05. The summed E-state index contributed by atoms with van der Waals surface area (Å²) < 4.78 is 80.6. The van der Waals surface area contributed by atoms with E-state index in [9.17, 15) is 22.0 Å². The molecule has 4 aromatic rings. The van der Waals surface area contributed by atoms with E-state index in [2.05, 4.69) is 9.72 Å². The van der Waals surface area contributed by atoms with Crippen molar-refractivity contribution in [2.24, 2.45) is 0 Å². The van der Waals surface area contributed by atoms with Crippen LogP contribution in [-0.2, 0) is 32.4 Å². The molecule has 0 atom stereocenters. The van der Waals surface area contributed by atoms with Gasteiger partial charge in [-0.15, -0.1) is 0 Å². The van der Waals surface area contributed by atoms with Crippen LogP contribution in [0.5, 0.6) is 11.5 Å². The van der Waals surface area contributed by atoms with Crippen LogP contribution in [0.2, 0.25) is 0 Å². The lowest BCUT2D eigenvalue weighted by Crippen LogP contribution is -2.26. The Bertz CT molecular complexity index is 1460. The first kappa shape index (κ1) is 32.0. The number of hydrogen-bond donors (Lipinski definition) is 0. The molecule has 10 heteroatoms. The molecule has 0 aliphatic rings. The first-order valence-corrected chi connectivity index (χ1v) is 14.1. The lowest BCUT2D eigenvalue weighted by atomic mass is 10.0. The second kappa shape index (κ2) is 14.0. The summed E-state index contributed by atoms with van der Waals surface area (Å²) in [6.45, 7) is 3.82. The molecule has 3 aromatic carbocycles. The number of aromatic nitrogens is 2. The normalized spacial score (nSPS) is 11.9. The van der Waals surface area contributed by atoms with Crippen molar-refractivity contribution in [2.75, 3.05) is 7.11 Å². The Morgan fingerprint density at radius 1 is 0.884 bits per heavy atom. The van der Waals surface area contributed by atoms with Crippen LogP contribution in [-0.4, -0.2) is 28.2 Å². The van der Waals surface area contributed by atoms with Gasteiger partial charge in [0.1, 0.15) is 17.3 Å². The molecule has 0 saturated carbocycles. The van der Waals surface area contributed by atoms with Crippen molar-refractivity contribution in [1.82, 2.24) is 14.5 Å². The molecule has 43 heavy (non-hydrogen) atoms. The molecule has 230 valence electrons. The minimum atomic E-state index is -4.66. The van der Waals surface area contributed by atoms with Gasteiger partial charge in [0.05, 0.1) is 12.8 Å². The van der Waals surface area contributed by atoms with Gasteiger partial charge in [-0.25, -0.2) is 4.98 Å². The molecule has 1 aromatic heterocycles. The van der Waals surface area contributed by atoms with Crippen LogP contribution >= 0.6 is 0 Å². The summed E-state index contributed by atoms with van der Waals surface area (Å²) >= 11 is 0. The third kappa shape index (κ3) is 8.13. The fraction of sp³-hybridized carbons (Fsp3) is 0.364. The minimum Gasteiger partial charge on any atom is -0.496 e. The van der Waals surface area contributed by atoms with E-state index in [0.717, 1.165) is 34.4 Å². The average Bonchev–Trinajstić information content (AvgIpc) is 3.31. The molecule has 0 N–H and O–H groups in total. The van der Waals surface area contributed by atoms with Gasteiger partial charge in [-0.3, -0.25) is 4.90 Å². The number of nitrogens with zero attached hydrogens (tertiary/aromatic N) is 3. The number of rotatable bonds is 13. The summed E-state index contributed by atoms with van der Waals surface area (Å²) in [7, 11) is 1.60. The molecular formula is C33H36F5N3O2. The number of imidazole rings is 1. The molecule has 0 fully saturated rings. The van der Waals surface area contributed by atoms with Crippen LogP contribution in [0.4, 0.5) is 22.0 Å². The van der Waals surface area contributed by atoms with Crippen LogP contribution in [0.3, 0.4) is 0 Å². The second-order valence-electron chi connectivity index (χ2n) is 10.5. The molecule has 0 aliphatic carbocycles. The van der Waals surface area contributed by atoms with Crippen molar-refractivity contribution in [1.29, 1.82) is 0 Å². The largest absolute Gasteiger partial charge is 0.496 e. The lowest BCUT2D eigenvalue weighted by molar-refractivity contribution is -0.141. The van der Waals surface area contributed by atoms with Gasteiger partial charge in [0.25, 0.3) is 0 Å². The number of benzene rings is 3. The SMILES string of the molecule is CCCCn1c(-c2ccccc2)nc(C(F)(F)F)c1CN(Cc1ccc(OC(F)F)cc1)Cc1cc(C)c(OC)c(C)c1. The van der Waals surface area contributed by atoms with Crippen LogP contribution < -0.4 is 9.47 Å². The van der Waals surface area contributed by atoms with Gasteiger partial charge in [-0.1, -0.05) is 67.9 Å². The highest BCUT2D eigenvalue weighted by atomic mass is 19.4. The van der Waals surface area contributed by atoms with Gasteiger partial charge < -0.3 is 14.0 Å². The van der Waals surface area contributed by atoms with Gasteiger partial charge in [0.2, 0.25) is 0 Å². The molecule has 0 spiro atoms. The van der Waals surface area contributed by atoms with Crippen LogP contribution in [0.1, 0.15) is 53.4 Å². The third-order valence-electron chi connectivity index (χ3n) is 7.17. The Balaban J connectivity index is 1.79. The minimum absolute atomic E-state index is 0.0104. The average molecular weight is 602 g/mol. The number of aryl methyl sites for hydroxylation is 2. The van der Waals surface area contributed by atoms with Crippen LogP contribution in [0.15, 0.2) is 66.7 Å². The molecule has 0 radical (unpaired) electrons. The highest BCUT2D eigenvalue weighted by Gasteiger charge is 2.39. The monoisotopic (exact) mass is 601 g/mol. The standard InChI is InChI=1S/C33H36F5N3O2/c1-5-6-16-41-28(30(33(36,37)38)39-31(41)26-10-8-7-9-11-26)21-40(19-24-12-14-27(15-13-24)43-32(34)35)20-25-17-22(2)29(42-4)23(3)18-25/h7-15,17-18,32H,5-6,16,19-21H2,1-4H3. The van der Waals surface area contributed by atoms with Crippen molar-refractivity contribution in [3.8, 4) is 22.9 Å². The van der Waals surface area contributed by atoms with Crippen molar-refractivity contribution in [2.45, 2.75) is 72.6 Å². The molecule has 0 unspecified atom stereocenters. The Hall–Kier alpha value is -3.92. The van der Waals surface area contributed by atoms with E-state index in [1.807, 2.05) is 43.9 Å². The maximum Gasteiger partial charge on any atom is 0.435 e. The number of ether oxygens (including phenoxy) is 2. The van der Waals surface area contributed by atoms with Gasteiger partial charge in [-0.05, 0) is 54.7 Å².